The van der Waals surface area contributed by atoms with Crippen LogP contribution in [0.5, 0.6) is 0 Å². The highest BCUT2D eigenvalue weighted by Crippen LogP contribution is 2.72. The molecule has 1 heterocycles. The molecule has 1 unspecified atom stereocenters. The Morgan fingerprint density at radius 2 is 1.74 bits per heavy atom. The van der Waals surface area contributed by atoms with Gasteiger partial charge in [-0.15, -0.1) is 0 Å². The molecule has 1 saturated heterocycles. The molecule has 0 aromatic carbocycles. The maximum absolute atomic E-state index is 11.5. The van der Waals surface area contributed by atoms with Crippen molar-refractivity contribution < 1.29 is 14.9 Å². The van der Waals surface area contributed by atoms with Crippen molar-refractivity contribution in [2.45, 2.75) is 110 Å². The Bertz CT molecular complexity index is 798. The van der Waals surface area contributed by atoms with Crippen LogP contribution in [-0.4, -0.2) is 34.1 Å². The Labute approximate surface area is 189 Å². The number of aliphatic hydroxyl groups is 2. The molecule has 0 radical (unpaired) electrons. The van der Waals surface area contributed by atoms with Gasteiger partial charge in [-0.1, -0.05) is 59.3 Å². The fraction of sp³-hybridized carbons (Fsp3) is 0.857. The normalized spacial score (nSPS) is 50.7. The predicted octanol–water partition coefficient (Wildman–Crippen LogP) is 5.66. The summed E-state index contributed by atoms with van der Waals surface area (Å²) in [6, 6.07) is 0. The number of rotatable bonds is 4. The summed E-state index contributed by atoms with van der Waals surface area (Å²) in [5.74, 6) is 2.95. The Hall–Kier alpha value is -0.640. The Balaban J connectivity index is 1.47. The molecule has 0 aromatic heterocycles. The zero-order valence-corrected chi connectivity index (χ0v) is 20.5. The van der Waals surface area contributed by atoms with Gasteiger partial charge in [-0.05, 0) is 79.1 Å². The average molecular weight is 429 g/mol. The summed E-state index contributed by atoms with van der Waals surface area (Å²) >= 11 is 0. The Kier molecular flexibility index (Phi) is 5.13. The van der Waals surface area contributed by atoms with E-state index in [-0.39, 0.29) is 28.6 Å². The van der Waals surface area contributed by atoms with E-state index in [0.29, 0.717) is 36.0 Å². The number of fused-ring (bicyclic) bond motifs is 3. The molecule has 174 valence electrons. The second kappa shape index (κ2) is 7.18. The van der Waals surface area contributed by atoms with Crippen LogP contribution in [0.15, 0.2) is 23.3 Å². The molecule has 0 aromatic rings. The van der Waals surface area contributed by atoms with Gasteiger partial charge in [-0.25, -0.2) is 0 Å². The van der Waals surface area contributed by atoms with Crippen LogP contribution in [0.25, 0.3) is 0 Å². The summed E-state index contributed by atoms with van der Waals surface area (Å²) < 4.78 is 6.33. The van der Waals surface area contributed by atoms with Gasteiger partial charge in [-0.3, -0.25) is 0 Å². The molecule has 5 aliphatic rings. The van der Waals surface area contributed by atoms with Crippen molar-refractivity contribution in [2.24, 2.45) is 40.4 Å². The van der Waals surface area contributed by atoms with E-state index in [0.717, 1.165) is 25.7 Å². The first-order valence-electron chi connectivity index (χ1n) is 13.0. The van der Waals surface area contributed by atoms with Crippen molar-refractivity contribution in [1.29, 1.82) is 0 Å². The number of allylic oxidation sites excluding steroid dienone is 3. The van der Waals surface area contributed by atoms with Crippen LogP contribution in [0.4, 0.5) is 0 Å². The van der Waals surface area contributed by atoms with E-state index in [4.69, 9.17) is 4.74 Å². The van der Waals surface area contributed by atoms with Crippen LogP contribution in [0.3, 0.4) is 0 Å². The zero-order chi connectivity index (χ0) is 22.3. The smallest absolute Gasteiger partial charge is 0.118 e. The van der Waals surface area contributed by atoms with Crippen LogP contribution >= 0.6 is 0 Å². The minimum absolute atomic E-state index is 0.0656. The maximum Gasteiger partial charge on any atom is 0.118 e. The highest BCUT2D eigenvalue weighted by atomic mass is 16.6. The van der Waals surface area contributed by atoms with Gasteiger partial charge in [0.25, 0.3) is 0 Å². The SMILES string of the molecule is CC(C)[C@H](C)/C=C/[C@@H](C)[C@H]1CCC2=C3C(CC[C@@]21C)[C@@]1(C)CC[C@H](O)C[C@@]12O[C@H]2[C@H]3O. The fourth-order valence-electron chi connectivity index (χ4n) is 8.48. The number of hydrogen-bond donors (Lipinski definition) is 2. The van der Waals surface area contributed by atoms with Gasteiger partial charge in [0, 0.05) is 11.8 Å². The highest BCUT2D eigenvalue weighted by Gasteiger charge is 2.77. The topological polar surface area (TPSA) is 53.0 Å². The lowest BCUT2D eigenvalue weighted by Gasteiger charge is -2.55. The molecule has 4 aliphatic carbocycles. The quantitative estimate of drug-likeness (QED) is 0.449. The van der Waals surface area contributed by atoms with Crippen molar-refractivity contribution >= 4 is 0 Å². The number of aliphatic hydroxyl groups excluding tert-OH is 2. The third-order valence-corrected chi connectivity index (χ3v) is 10.9. The second-order valence-electron chi connectivity index (χ2n) is 12.6. The summed E-state index contributed by atoms with van der Waals surface area (Å²) in [6.45, 7) is 14.2. The lowest BCUT2D eigenvalue weighted by atomic mass is 9.48. The maximum atomic E-state index is 11.5. The van der Waals surface area contributed by atoms with Gasteiger partial charge in [0.2, 0.25) is 0 Å². The summed E-state index contributed by atoms with van der Waals surface area (Å²) in [5, 5.41) is 21.9. The molecule has 10 atom stereocenters. The molecular formula is C28H44O3. The van der Waals surface area contributed by atoms with Crippen LogP contribution in [0.2, 0.25) is 0 Å². The molecule has 3 saturated carbocycles. The third kappa shape index (κ3) is 2.95. The van der Waals surface area contributed by atoms with Crippen molar-refractivity contribution in [1.82, 2.24) is 0 Å². The van der Waals surface area contributed by atoms with E-state index in [1.807, 2.05) is 0 Å². The number of epoxide rings is 1. The van der Waals surface area contributed by atoms with Gasteiger partial charge in [0.05, 0.1) is 6.10 Å². The lowest BCUT2D eigenvalue weighted by molar-refractivity contribution is -0.0512. The van der Waals surface area contributed by atoms with E-state index in [1.165, 1.54) is 18.4 Å². The summed E-state index contributed by atoms with van der Waals surface area (Å²) in [7, 11) is 0. The van der Waals surface area contributed by atoms with E-state index in [1.54, 1.807) is 5.57 Å². The number of hydrogen-bond acceptors (Lipinski definition) is 3. The zero-order valence-electron chi connectivity index (χ0n) is 20.5. The van der Waals surface area contributed by atoms with E-state index >= 15 is 0 Å². The Morgan fingerprint density at radius 3 is 2.45 bits per heavy atom. The van der Waals surface area contributed by atoms with Gasteiger partial charge in [0.15, 0.2) is 0 Å². The Morgan fingerprint density at radius 1 is 1.00 bits per heavy atom. The predicted molar refractivity (Wildman–Crippen MR) is 124 cm³/mol. The molecule has 0 bridgehead atoms. The van der Waals surface area contributed by atoms with Crippen molar-refractivity contribution in [3.05, 3.63) is 23.3 Å². The van der Waals surface area contributed by atoms with Crippen molar-refractivity contribution in [2.75, 3.05) is 0 Å². The van der Waals surface area contributed by atoms with Crippen LogP contribution in [0, 0.1) is 40.4 Å². The molecule has 1 spiro atoms. The minimum atomic E-state index is -0.469. The molecule has 5 rings (SSSR count). The molecule has 3 heteroatoms. The second-order valence-corrected chi connectivity index (χ2v) is 12.6. The standard InChI is InChI=1S/C28H44O3/c1-16(2)17(3)7-8-18(4)20-9-10-21-23-22(12-13-26(20,21)5)27(6)14-11-19(29)15-28(27)25(31-28)24(23)30/h7-8,16-20,22,24-25,29-30H,9-15H2,1-6H3/b8-7+/t17-,18-,19+,20-,22?,24+,25+,26-,27-,28+/m1/s1. The largest absolute Gasteiger partial charge is 0.393 e. The fourth-order valence-corrected chi connectivity index (χ4v) is 8.48. The van der Waals surface area contributed by atoms with Gasteiger partial charge in [-0.2, -0.15) is 0 Å². The molecule has 3 nitrogen and oxygen atoms in total. The molecular weight excluding hydrogens is 384 g/mol. The molecule has 4 fully saturated rings. The van der Waals surface area contributed by atoms with Gasteiger partial charge < -0.3 is 14.9 Å². The van der Waals surface area contributed by atoms with Gasteiger partial charge in [0.1, 0.15) is 17.8 Å². The molecule has 2 N–H and O–H groups in total. The summed E-state index contributed by atoms with van der Waals surface area (Å²) in [5.41, 5.74) is 2.93. The highest BCUT2D eigenvalue weighted by molar-refractivity contribution is 5.43. The first-order valence-corrected chi connectivity index (χ1v) is 13.0. The van der Waals surface area contributed by atoms with Gasteiger partial charge >= 0.3 is 0 Å². The average Bonchev–Trinajstić information content (AvgIpc) is 3.34. The summed E-state index contributed by atoms with van der Waals surface area (Å²) in [6.07, 6.45) is 11.4. The minimum Gasteiger partial charge on any atom is -0.393 e. The monoisotopic (exact) mass is 428 g/mol. The van der Waals surface area contributed by atoms with E-state index in [9.17, 15) is 10.2 Å². The van der Waals surface area contributed by atoms with Crippen molar-refractivity contribution in [3.63, 3.8) is 0 Å². The molecule has 0 amide bonds. The number of ether oxygens (including phenoxy) is 1. The first-order chi connectivity index (χ1) is 14.5. The van der Waals surface area contributed by atoms with E-state index < -0.39 is 6.10 Å². The van der Waals surface area contributed by atoms with E-state index in [2.05, 4.69) is 53.7 Å². The van der Waals surface area contributed by atoms with Crippen molar-refractivity contribution in [3.8, 4) is 0 Å². The summed E-state index contributed by atoms with van der Waals surface area (Å²) in [4.78, 5) is 0. The third-order valence-electron chi connectivity index (χ3n) is 10.9. The molecule has 1 aliphatic heterocycles. The van der Waals surface area contributed by atoms with Crippen LogP contribution < -0.4 is 0 Å². The van der Waals surface area contributed by atoms with Crippen LogP contribution in [0.1, 0.15) is 86.5 Å². The molecule has 31 heavy (non-hydrogen) atoms. The van der Waals surface area contributed by atoms with Crippen LogP contribution in [-0.2, 0) is 4.74 Å². The first kappa shape index (κ1) is 22.2. The lowest BCUT2D eigenvalue weighted by Crippen LogP contribution is -2.57.